The van der Waals surface area contributed by atoms with Crippen LogP contribution in [0.2, 0.25) is 0 Å². The van der Waals surface area contributed by atoms with Crippen LogP contribution in [-0.2, 0) is 16.2 Å². The van der Waals surface area contributed by atoms with Crippen LogP contribution in [-0.4, -0.2) is 12.3 Å². The van der Waals surface area contributed by atoms with E-state index >= 15 is 0 Å². The molecule has 13 rings (SSSR count). The highest BCUT2D eigenvalue weighted by molar-refractivity contribution is 7.00. The van der Waals surface area contributed by atoms with Crippen LogP contribution in [0.3, 0.4) is 0 Å². The standard InChI is InChI=1S/C69H64BN3/c1-66(2,3)50-37-39-58(53(43-50)47-25-11-8-12-26-47)71-61-35-21-18-32-56(61)70-57-33-19-22-36-62(57)72(59-40-38-51(67(4,5)6)44-54(59)48-27-13-9-14-28-48)64-46-52(45-63(71)65(64)70)73-60-34-20-17-31-55(60)69(49-29-15-10-16-30-49)42-24-23-41-68(69,73)7/h8-22,25-40,43-46H,23-24,41-42H2,1-7H3. The molecular formula is C69H64BN3. The van der Waals surface area contributed by atoms with E-state index in [2.05, 4.69) is 275 Å². The molecule has 0 N–H and O–H groups in total. The van der Waals surface area contributed by atoms with Gasteiger partial charge in [0.2, 0.25) is 0 Å². The zero-order valence-electron chi connectivity index (χ0n) is 43.5. The average molecular weight is 946 g/mol. The number of para-hydroxylation sites is 3. The highest BCUT2D eigenvalue weighted by Gasteiger charge is 2.61. The summed E-state index contributed by atoms with van der Waals surface area (Å²) in [6.45, 7) is 16.6. The number of hydrogen-bond acceptors (Lipinski definition) is 3. The lowest BCUT2D eigenvalue weighted by atomic mass is 9.33. The number of anilines is 8. The molecule has 4 heteroatoms. The molecular weight excluding hydrogens is 882 g/mol. The van der Waals surface area contributed by atoms with Gasteiger partial charge >= 0.3 is 0 Å². The molecule has 3 nitrogen and oxygen atoms in total. The first-order chi connectivity index (χ1) is 35.4. The van der Waals surface area contributed by atoms with Gasteiger partial charge < -0.3 is 14.7 Å². The van der Waals surface area contributed by atoms with E-state index in [0.29, 0.717) is 0 Å². The Morgan fingerprint density at radius 1 is 0.411 bits per heavy atom. The molecule has 0 saturated heterocycles. The molecule has 9 aromatic carbocycles. The van der Waals surface area contributed by atoms with E-state index in [9.17, 15) is 0 Å². The van der Waals surface area contributed by atoms with Gasteiger partial charge in [-0.3, -0.25) is 0 Å². The van der Waals surface area contributed by atoms with E-state index in [-0.39, 0.29) is 28.5 Å². The molecule has 3 aliphatic heterocycles. The normalized spacial score (nSPS) is 18.7. The van der Waals surface area contributed by atoms with Gasteiger partial charge in [0.25, 0.3) is 6.71 Å². The van der Waals surface area contributed by atoms with Gasteiger partial charge in [-0.1, -0.05) is 212 Å². The maximum absolute atomic E-state index is 2.80. The van der Waals surface area contributed by atoms with E-state index in [1.54, 1.807) is 0 Å². The monoisotopic (exact) mass is 946 g/mol. The topological polar surface area (TPSA) is 9.72 Å². The van der Waals surface area contributed by atoms with Crippen molar-refractivity contribution in [3.63, 3.8) is 0 Å². The molecule has 9 aromatic rings. The first kappa shape index (κ1) is 45.3. The number of nitrogens with zero attached hydrogens (tertiary/aromatic N) is 3. The van der Waals surface area contributed by atoms with Crippen LogP contribution >= 0.6 is 0 Å². The van der Waals surface area contributed by atoms with Crippen molar-refractivity contribution in [3.8, 4) is 22.3 Å². The van der Waals surface area contributed by atoms with E-state index in [0.717, 1.165) is 12.8 Å². The van der Waals surface area contributed by atoms with Gasteiger partial charge in [-0.2, -0.15) is 0 Å². The van der Waals surface area contributed by atoms with Gasteiger partial charge in [-0.15, -0.1) is 0 Å². The van der Waals surface area contributed by atoms with Crippen LogP contribution in [0.25, 0.3) is 22.3 Å². The number of rotatable bonds is 6. The molecule has 2 unspecified atom stereocenters. The lowest BCUT2D eigenvalue weighted by Gasteiger charge is -2.53. The SMILES string of the molecule is CC(C)(C)c1ccc(N2c3ccccc3B3c4ccccc4N(c4ccc(C(C)(C)C)cc4-c4ccccc4)c4cc(N5c6ccccc6C6(c7ccccc7)CCCCC56C)cc2c43)c(-c2ccccc2)c1. The smallest absolute Gasteiger partial charge is 0.252 e. The molecule has 1 aliphatic carbocycles. The Bertz CT molecular complexity index is 3420. The third-order valence-electron chi connectivity index (χ3n) is 17.3. The van der Waals surface area contributed by atoms with Gasteiger partial charge in [-0.25, -0.2) is 0 Å². The molecule has 0 amide bonds. The number of fused-ring (bicyclic) bond motifs is 7. The predicted octanol–water partition coefficient (Wildman–Crippen LogP) is 16.5. The van der Waals surface area contributed by atoms with E-state index < -0.39 is 0 Å². The van der Waals surface area contributed by atoms with Crippen molar-refractivity contribution < 1.29 is 0 Å². The second-order valence-corrected chi connectivity index (χ2v) is 23.4. The first-order valence-electron chi connectivity index (χ1n) is 26.7. The Morgan fingerprint density at radius 2 is 0.849 bits per heavy atom. The Balaban J connectivity index is 1.17. The van der Waals surface area contributed by atoms with Crippen molar-refractivity contribution >= 4 is 68.6 Å². The summed E-state index contributed by atoms with van der Waals surface area (Å²) in [5.41, 5.74) is 23.5. The van der Waals surface area contributed by atoms with Crippen molar-refractivity contribution in [3.05, 3.63) is 235 Å². The molecule has 1 saturated carbocycles. The van der Waals surface area contributed by atoms with Crippen molar-refractivity contribution in [2.24, 2.45) is 0 Å². The lowest BCUT2D eigenvalue weighted by Crippen LogP contribution is -2.61. The second-order valence-electron chi connectivity index (χ2n) is 23.4. The van der Waals surface area contributed by atoms with Gasteiger partial charge in [0, 0.05) is 50.7 Å². The summed E-state index contributed by atoms with van der Waals surface area (Å²) < 4.78 is 0. The Morgan fingerprint density at radius 3 is 1.36 bits per heavy atom. The zero-order chi connectivity index (χ0) is 49.9. The molecule has 4 aliphatic rings. The molecule has 0 radical (unpaired) electrons. The highest BCUT2D eigenvalue weighted by atomic mass is 15.3. The average Bonchev–Trinajstić information content (AvgIpc) is 3.66. The Kier molecular flexibility index (Phi) is 10.4. The fourth-order valence-electron chi connectivity index (χ4n) is 13.7. The quantitative estimate of drug-likeness (QED) is 0.154. The van der Waals surface area contributed by atoms with Crippen molar-refractivity contribution in [2.75, 3.05) is 14.7 Å². The fraction of sp³-hybridized carbons (Fsp3) is 0.217. The molecule has 73 heavy (non-hydrogen) atoms. The van der Waals surface area contributed by atoms with Gasteiger partial charge in [0.15, 0.2) is 0 Å². The van der Waals surface area contributed by atoms with Crippen LogP contribution in [0.5, 0.6) is 0 Å². The van der Waals surface area contributed by atoms with Crippen molar-refractivity contribution in [1.29, 1.82) is 0 Å². The number of benzene rings is 9. The third-order valence-corrected chi connectivity index (χ3v) is 17.3. The van der Waals surface area contributed by atoms with E-state index in [1.807, 2.05) is 0 Å². The molecule has 3 heterocycles. The first-order valence-corrected chi connectivity index (χ1v) is 26.7. The molecule has 1 fully saturated rings. The van der Waals surface area contributed by atoms with Crippen LogP contribution < -0.4 is 31.1 Å². The molecule has 2 atom stereocenters. The van der Waals surface area contributed by atoms with E-state index in [1.165, 1.54) is 119 Å². The van der Waals surface area contributed by atoms with E-state index in [4.69, 9.17) is 0 Å². The minimum absolute atomic E-state index is 0.0125. The maximum atomic E-state index is 2.80. The summed E-state index contributed by atoms with van der Waals surface area (Å²) in [7, 11) is 0. The predicted molar refractivity (Wildman–Crippen MR) is 311 cm³/mol. The molecule has 0 aromatic heterocycles. The summed E-state index contributed by atoms with van der Waals surface area (Å²) in [5, 5.41) is 0. The molecule has 358 valence electrons. The van der Waals surface area contributed by atoms with Crippen LogP contribution in [0, 0.1) is 0 Å². The van der Waals surface area contributed by atoms with Gasteiger partial charge in [0.05, 0.1) is 16.9 Å². The summed E-state index contributed by atoms with van der Waals surface area (Å²) in [6.07, 6.45) is 4.54. The number of hydrogen-bond donors (Lipinski definition) is 0. The summed E-state index contributed by atoms with van der Waals surface area (Å²) in [4.78, 5) is 8.09. The zero-order valence-corrected chi connectivity index (χ0v) is 43.5. The third kappa shape index (κ3) is 6.86. The Labute approximate surface area is 433 Å². The second kappa shape index (κ2) is 16.8. The lowest BCUT2D eigenvalue weighted by molar-refractivity contribution is 0.215. The van der Waals surface area contributed by atoms with Crippen LogP contribution in [0.15, 0.2) is 212 Å². The minimum atomic E-state index is -0.265. The minimum Gasteiger partial charge on any atom is -0.334 e. The summed E-state index contributed by atoms with van der Waals surface area (Å²) in [6, 6.07) is 81.3. The van der Waals surface area contributed by atoms with Crippen LogP contribution in [0.4, 0.5) is 45.5 Å². The summed E-state index contributed by atoms with van der Waals surface area (Å²) in [5.74, 6) is 0. The van der Waals surface area contributed by atoms with Gasteiger partial charge in [0.1, 0.15) is 0 Å². The molecule has 0 spiro atoms. The van der Waals surface area contributed by atoms with Gasteiger partial charge in [-0.05, 0) is 135 Å². The summed E-state index contributed by atoms with van der Waals surface area (Å²) >= 11 is 0. The largest absolute Gasteiger partial charge is 0.334 e. The van der Waals surface area contributed by atoms with Crippen molar-refractivity contribution in [1.82, 2.24) is 0 Å². The highest BCUT2D eigenvalue weighted by Crippen LogP contribution is 2.64. The maximum Gasteiger partial charge on any atom is 0.252 e. The Hall–Kier alpha value is -7.56. The van der Waals surface area contributed by atoms with Crippen molar-refractivity contribution in [2.45, 2.75) is 95.9 Å². The fourth-order valence-corrected chi connectivity index (χ4v) is 13.7. The molecule has 0 bridgehead atoms. The van der Waals surface area contributed by atoms with Crippen LogP contribution in [0.1, 0.15) is 96.4 Å².